The van der Waals surface area contributed by atoms with Gasteiger partial charge in [0.1, 0.15) is 5.69 Å². The summed E-state index contributed by atoms with van der Waals surface area (Å²) in [4.78, 5) is 4.03. The highest BCUT2D eigenvalue weighted by Gasteiger charge is 2.03. The minimum Gasteiger partial charge on any atom is -0.290 e. The van der Waals surface area contributed by atoms with Gasteiger partial charge in [-0.3, -0.25) is 21.1 Å². The van der Waals surface area contributed by atoms with Crippen molar-refractivity contribution in [3.8, 4) is 0 Å². The number of rotatable bonds is 2. The van der Waals surface area contributed by atoms with Crippen LogP contribution in [0, 0.1) is 12.3 Å². The van der Waals surface area contributed by atoms with E-state index in [-0.39, 0.29) is 5.84 Å². The first kappa shape index (κ1) is 9.67. The average molecular weight is 179 g/mol. The van der Waals surface area contributed by atoms with E-state index in [4.69, 9.17) is 10.6 Å². The maximum Gasteiger partial charge on any atom is 0.168 e. The van der Waals surface area contributed by atoms with Gasteiger partial charge in [-0.25, -0.2) is 0 Å². The zero-order valence-electron chi connectivity index (χ0n) is 7.76. The zero-order valence-corrected chi connectivity index (χ0v) is 7.76. The summed E-state index contributed by atoms with van der Waals surface area (Å²) in [6.45, 7) is 4.02. The number of hydrogen-bond donors (Lipinski definition) is 3. The van der Waals surface area contributed by atoms with Crippen LogP contribution in [0.1, 0.15) is 23.7 Å². The molecule has 0 aromatic carbocycles. The van der Waals surface area contributed by atoms with Gasteiger partial charge in [0.25, 0.3) is 0 Å². The van der Waals surface area contributed by atoms with Gasteiger partial charge in [0, 0.05) is 6.20 Å². The smallest absolute Gasteiger partial charge is 0.168 e. The summed E-state index contributed by atoms with van der Waals surface area (Å²) in [5.74, 6) is -0.0780. The standard InChI is InChI=1S/C9H13N3O/c1-3-7-5-11-8(4-6(7)2)9(10)12-13/h4-5,13H,3H2,1-2H3,(H2,10,12). The SMILES string of the molecule is CCc1cnc(C(=N)NO)cc1C. The summed E-state index contributed by atoms with van der Waals surface area (Å²) in [6, 6.07) is 1.78. The van der Waals surface area contributed by atoms with Gasteiger partial charge in [-0.1, -0.05) is 6.92 Å². The number of amidine groups is 1. The predicted molar refractivity (Wildman–Crippen MR) is 50.1 cm³/mol. The van der Waals surface area contributed by atoms with Gasteiger partial charge in [0.2, 0.25) is 0 Å². The van der Waals surface area contributed by atoms with E-state index in [1.54, 1.807) is 17.7 Å². The third-order valence-corrected chi connectivity index (χ3v) is 1.97. The van der Waals surface area contributed by atoms with Crippen molar-refractivity contribution in [2.24, 2.45) is 0 Å². The van der Waals surface area contributed by atoms with E-state index in [9.17, 15) is 0 Å². The Morgan fingerprint density at radius 2 is 2.38 bits per heavy atom. The van der Waals surface area contributed by atoms with Crippen molar-refractivity contribution in [1.29, 1.82) is 5.41 Å². The normalized spacial score (nSPS) is 9.77. The summed E-state index contributed by atoms with van der Waals surface area (Å²) < 4.78 is 0. The third-order valence-electron chi connectivity index (χ3n) is 1.97. The summed E-state index contributed by atoms with van der Waals surface area (Å²) in [5.41, 5.74) is 4.47. The molecule has 4 nitrogen and oxygen atoms in total. The maximum atomic E-state index is 8.49. The molecule has 0 amide bonds. The number of nitrogens with zero attached hydrogens (tertiary/aromatic N) is 1. The molecule has 0 fully saturated rings. The van der Waals surface area contributed by atoms with Crippen molar-refractivity contribution in [2.75, 3.05) is 0 Å². The zero-order chi connectivity index (χ0) is 9.84. The van der Waals surface area contributed by atoms with Crippen molar-refractivity contribution >= 4 is 5.84 Å². The largest absolute Gasteiger partial charge is 0.290 e. The lowest BCUT2D eigenvalue weighted by Crippen LogP contribution is -2.20. The van der Waals surface area contributed by atoms with E-state index >= 15 is 0 Å². The van der Waals surface area contributed by atoms with Crippen molar-refractivity contribution in [3.05, 3.63) is 29.1 Å². The molecule has 4 heteroatoms. The van der Waals surface area contributed by atoms with Crippen molar-refractivity contribution in [3.63, 3.8) is 0 Å². The van der Waals surface area contributed by atoms with E-state index in [1.165, 1.54) is 0 Å². The molecule has 0 aliphatic rings. The Morgan fingerprint density at radius 3 is 2.85 bits per heavy atom. The number of pyridine rings is 1. The fourth-order valence-electron chi connectivity index (χ4n) is 1.15. The lowest BCUT2D eigenvalue weighted by Gasteiger charge is -2.05. The van der Waals surface area contributed by atoms with Crippen LogP contribution in [0.4, 0.5) is 0 Å². The fourth-order valence-corrected chi connectivity index (χ4v) is 1.15. The Bertz CT molecular complexity index is 323. The second-order valence-electron chi connectivity index (χ2n) is 2.84. The van der Waals surface area contributed by atoms with E-state index < -0.39 is 0 Å². The minimum atomic E-state index is -0.0780. The van der Waals surface area contributed by atoms with E-state index in [0.29, 0.717) is 5.69 Å². The first-order valence-corrected chi connectivity index (χ1v) is 4.13. The number of hydrogen-bond acceptors (Lipinski definition) is 3. The van der Waals surface area contributed by atoms with Crippen LogP contribution in [-0.4, -0.2) is 16.0 Å². The Kier molecular flexibility index (Phi) is 2.97. The second-order valence-corrected chi connectivity index (χ2v) is 2.84. The molecular formula is C9H13N3O. The predicted octanol–water partition coefficient (Wildman–Crippen LogP) is 1.26. The molecule has 0 aliphatic carbocycles. The average Bonchev–Trinajstić information content (AvgIpc) is 2.16. The van der Waals surface area contributed by atoms with E-state index in [0.717, 1.165) is 17.5 Å². The summed E-state index contributed by atoms with van der Waals surface area (Å²) >= 11 is 0. The molecule has 1 heterocycles. The number of aromatic nitrogens is 1. The van der Waals surface area contributed by atoms with Gasteiger partial charge in [-0.05, 0) is 30.5 Å². The van der Waals surface area contributed by atoms with Gasteiger partial charge in [-0.15, -0.1) is 0 Å². The monoisotopic (exact) mass is 179 g/mol. The lowest BCUT2D eigenvalue weighted by atomic mass is 10.1. The van der Waals surface area contributed by atoms with Crippen LogP contribution < -0.4 is 5.48 Å². The van der Waals surface area contributed by atoms with Crippen LogP contribution in [0.5, 0.6) is 0 Å². The molecule has 0 atom stereocenters. The molecule has 13 heavy (non-hydrogen) atoms. The summed E-state index contributed by atoms with van der Waals surface area (Å²) in [5, 5.41) is 15.8. The first-order chi connectivity index (χ1) is 6.19. The summed E-state index contributed by atoms with van der Waals surface area (Å²) in [6.07, 6.45) is 2.66. The molecule has 0 radical (unpaired) electrons. The highest BCUT2D eigenvalue weighted by atomic mass is 16.5. The molecule has 0 saturated heterocycles. The molecule has 0 aliphatic heterocycles. The summed E-state index contributed by atoms with van der Waals surface area (Å²) in [7, 11) is 0. The first-order valence-electron chi connectivity index (χ1n) is 4.13. The Hall–Kier alpha value is -1.42. The van der Waals surface area contributed by atoms with E-state index in [1.807, 2.05) is 6.92 Å². The Balaban J connectivity index is 3.02. The van der Waals surface area contributed by atoms with Gasteiger partial charge in [0.15, 0.2) is 5.84 Å². The van der Waals surface area contributed by atoms with Gasteiger partial charge in [-0.2, -0.15) is 0 Å². The number of nitrogens with one attached hydrogen (secondary N) is 2. The minimum absolute atomic E-state index is 0.0780. The van der Waals surface area contributed by atoms with Gasteiger partial charge < -0.3 is 0 Å². The van der Waals surface area contributed by atoms with Crippen molar-refractivity contribution in [1.82, 2.24) is 10.5 Å². The molecular weight excluding hydrogens is 166 g/mol. The molecule has 0 unspecified atom stereocenters. The molecule has 1 rings (SSSR count). The maximum absolute atomic E-state index is 8.49. The van der Waals surface area contributed by atoms with Crippen molar-refractivity contribution < 1.29 is 5.21 Å². The van der Waals surface area contributed by atoms with Crippen LogP contribution in [-0.2, 0) is 6.42 Å². The number of hydroxylamine groups is 1. The van der Waals surface area contributed by atoms with Crippen LogP contribution in [0.15, 0.2) is 12.3 Å². The quantitative estimate of drug-likeness (QED) is 0.363. The van der Waals surface area contributed by atoms with E-state index in [2.05, 4.69) is 11.9 Å². The molecule has 0 saturated carbocycles. The fraction of sp³-hybridized carbons (Fsp3) is 0.333. The number of aryl methyl sites for hydroxylation is 2. The van der Waals surface area contributed by atoms with Crippen LogP contribution in [0.2, 0.25) is 0 Å². The molecule has 1 aromatic rings. The Labute approximate surface area is 77.1 Å². The highest BCUT2D eigenvalue weighted by molar-refractivity contribution is 5.93. The highest BCUT2D eigenvalue weighted by Crippen LogP contribution is 2.08. The van der Waals surface area contributed by atoms with Crippen LogP contribution in [0.3, 0.4) is 0 Å². The van der Waals surface area contributed by atoms with Gasteiger partial charge in [0.05, 0.1) is 0 Å². The molecule has 0 spiro atoms. The molecule has 3 N–H and O–H groups in total. The van der Waals surface area contributed by atoms with Crippen LogP contribution in [0.25, 0.3) is 0 Å². The van der Waals surface area contributed by atoms with Gasteiger partial charge >= 0.3 is 0 Å². The Morgan fingerprint density at radius 1 is 1.69 bits per heavy atom. The van der Waals surface area contributed by atoms with Crippen molar-refractivity contribution in [2.45, 2.75) is 20.3 Å². The molecule has 1 aromatic heterocycles. The molecule has 70 valence electrons. The second kappa shape index (κ2) is 4.00. The molecule has 0 bridgehead atoms. The topological polar surface area (TPSA) is 69.0 Å². The lowest BCUT2D eigenvalue weighted by molar-refractivity contribution is 0.234. The third kappa shape index (κ3) is 2.03. The van der Waals surface area contributed by atoms with Crippen LogP contribution >= 0.6 is 0 Å².